The Labute approximate surface area is 98.9 Å². The predicted molar refractivity (Wildman–Crippen MR) is 57.3 cm³/mol. The maximum absolute atomic E-state index is 12.4. The largest absolute Gasteiger partial charge is 0.469 e. The van der Waals surface area contributed by atoms with Crippen LogP contribution in [0.25, 0.3) is 0 Å². The first-order valence-electron chi connectivity index (χ1n) is 5.25. The third kappa shape index (κ3) is 5.88. The van der Waals surface area contributed by atoms with Gasteiger partial charge >= 0.3 is 12.1 Å². The summed E-state index contributed by atoms with van der Waals surface area (Å²) in [4.78, 5) is 12.5. The lowest BCUT2D eigenvalue weighted by atomic mass is 10.1. The van der Waals surface area contributed by atoms with E-state index in [9.17, 15) is 18.0 Å². The molecule has 2 atom stereocenters. The molecule has 17 heavy (non-hydrogen) atoms. The SMILES string of the molecule is COC(=O)C(C)CN(C)CC(CN)C(F)(F)F. The molecule has 2 unspecified atom stereocenters. The molecule has 0 fully saturated rings. The molecular weight excluding hydrogens is 237 g/mol. The highest BCUT2D eigenvalue weighted by Gasteiger charge is 2.39. The Balaban J connectivity index is 4.25. The first-order chi connectivity index (χ1) is 7.72. The number of alkyl halides is 3. The van der Waals surface area contributed by atoms with E-state index in [-0.39, 0.29) is 13.1 Å². The molecular formula is C10H19F3N2O2. The highest BCUT2D eigenvalue weighted by atomic mass is 19.4. The highest BCUT2D eigenvalue weighted by Crippen LogP contribution is 2.26. The van der Waals surface area contributed by atoms with Gasteiger partial charge in [-0.05, 0) is 7.05 Å². The van der Waals surface area contributed by atoms with E-state index in [2.05, 4.69) is 4.74 Å². The first kappa shape index (κ1) is 16.2. The van der Waals surface area contributed by atoms with Crippen molar-refractivity contribution in [1.29, 1.82) is 0 Å². The number of nitrogens with two attached hydrogens (primary N) is 1. The van der Waals surface area contributed by atoms with Gasteiger partial charge in [-0.2, -0.15) is 13.2 Å². The Morgan fingerprint density at radius 3 is 2.29 bits per heavy atom. The smallest absolute Gasteiger partial charge is 0.394 e. The monoisotopic (exact) mass is 256 g/mol. The van der Waals surface area contributed by atoms with Crippen molar-refractivity contribution in [3.05, 3.63) is 0 Å². The van der Waals surface area contributed by atoms with Gasteiger partial charge in [0.25, 0.3) is 0 Å². The zero-order valence-corrected chi connectivity index (χ0v) is 10.3. The summed E-state index contributed by atoms with van der Waals surface area (Å²) in [5, 5.41) is 0. The van der Waals surface area contributed by atoms with Crippen LogP contribution in [0.4, 0.5) is 13.2 Å². The van der Waals surface area contributed by atoms with Crippen LogP contribution in [-0.2, 0) is 9.53 Å². The van der Waals surface area contributed by atoms with Gasteiger partial charge in [0.05, 0.1) is 18.9 Å². The Bertz CT molecular complexity index is 246. The average Bonchev–Trinajstić information content (AvgIpc) is 2.22. The molecule has 0 aliphatic heterocycles. The molecule has 0 heterocycles. The molecule has 0 saturated heterocycles. The van der Waals surface area contributed by atoms with Gasteiger partial charge in [-0.25, -0.2) is 0 Å². The fourth-order valence-electron chi connectivity index (χ4n) is 1.51. The molecule has 0 bridgehead atoms. The molecule has 0 amide bonds. The molecule has 0 aromatic carbocycles. The molecule has 0 spiro atoms. The van der Waals surface area contributed by atoms with E-state index in [1.165, 1.54) is 19.1 Å². The van der Waals surface area contributed by atoms with Crippen molar-refractivity contribution in [3.8, 4) is 0 Å². The molecule has 0 aromatic rings. The normalized spacial score (nSPS) is 15.8. The zero-order valence-electron chi connectivity index (χ0n) is 10.3. The van der Waals surface area contributed by atoms with E-state index < -0.39 is 30.5 Å². The van der Waals surface area contributed by atoms with Crippen LogP contribution in [-0.4, -0.2) is 50.8 Å². The standard InChI is InChI=1S/C10H19F3N2O2/c1-7(9(16)17-3)5-15(2)6-8(4-14)10(11,12)13/h7-8H,4-6,14H2,1-3H3. The number of esters is 1. The second-order valence-electron chi connectivity index (χ2n) is 4.12. The molecule has 7 heteroatoms. The van der Waals surface area contributed by atoms with Crippen LogP contribution in [0, 0.1) is 11.8 Å². The van der Waals surface area contributed by atoms with Crippen molar-refractivity contribution < 1.29 is 22.7 Å². The fourth-order valence-corrected chi connectivity index (χ4v) is 1.51. The minimum atomic E-state index is -4.31. The van der Waals surface area contributed by atoms with Crippen LogP contribution < -0.4 is 5.73 Å². The molecule has 0 aromatic heterocycles. The minimum absolute atomic E-state index is 0.208. The molecule has 0 aliphatic rings. The van der Waals surface area contributed by atoms with Crippen LogP contribution in [0.5, 0.6) is 0 Å². The third-order valence-corrected chi connectivity index (χ3v) is 2.47. The summed E-state index contributed by atoms with van der Waals surface area (Å²) in [5.74, 6) is -2.47. The number of carbonyl (C=O) groups is 1. The summed E-state index contributed by atoms with van der Waals surface area (Å²) in [6, 6.07) is 0. The van der Waals surface area contributed by atoms with E-state index >= 15 is 0 Å². The van der Waals surface area contributed by atoms with Gasteiger partial charge in [-0.1, -0.05) is 6.92 Å². The van der Waals surface area contributed by atoms with Crippen LogP contribution in [0.1, 0.15) is 6.92 Å². The number of hydrogen-bond acceptors (Lipinski definition) is 4. The zero-order chi connectivity index (χ0) is 13.6. The molecule has 0 radical (unpaired) electrons. The Kier molecular flexibility index (Phi) is 6.48. The lowest BCUT2D eigenvalue weighted by Gasteiger charge is -2.26. The number of ether oxygens (including phenoxy) is 1. The summed E-state index contributed by atoms with van der Waals surface area (Å²) in [6.07, 6.45) is -4.31. The highest BCUT2D eigenvalue weighted by molar-refractivity contribution is 5.71. The molecule has 2 N–H and O–H groups in total. The summed E-state index contributed by atoms with van der Waals surface area (Å²) in [5.41, 5.74) is 5.09. The van der Waals surface area contributed by atoms with Crippen molar-refractivity contribution in [3.63, 3.8) is 0 Å². The summed E-state index contributed by atoms with van der Waals surface area (Å²) in [7, 11) is 2.77. The Hall–Kier alpha value is -0.820. The van der Waals surface area contributed by atoms with E-state index in [0.717, 1.165) is 0 Å². The van der Waals surface area contributed by atoms with Crippen molar-refractivity contribution >= 4 is 5.97 Å². The summed E-state index contributed by atoms with van der Waals surface area (Å²) in [6.45, 7) is 1.13. The second-order valence-corrected chi connectivity index (χ2v) is 4.12. The van der Waals surface area contributed by atoms with Gasteiger partial charge in [0.1, 0.15) is 0 Å². The third-order valence-electron chi connectivity index (χ3n) is 2.47. The van der Waals surface area contributed by atoms with E-state index in [0.29, 0.717) is 0 Å². The minimum Gasteiger partial charge on any atom is -0.469 e. The fraction of sp³-hybridized carbons (Fsp3) is 0.900. The molecule has 102 valence electrons. The van der Waals surface area contributed by atoms with Crippen molar-refractivity contribution in [1.82, 2.24) is 4.90 Å². The number of methoxy groups -OCH3 is 1. The lowest BCUT2D eigenvalue weighted by Crippen LogP contribution is -2.41. The van der Waals surface area contributed by atoms with Gasteiger partial charge in [0.2, 0.25) is 0 Å². The molecule has 0 aliphatic carbocycles. The lowest BCUT2D eigenvalue weighted by molar-refractivity contribution is -0.175. The van der Waals surface area contributed by atoms with Crippen LogP contribution >= 0.6 is 0 Å². The number of halogens is 3. The number of carbonyl (C=O) groups excluding carboxylic acids is 1. The van der Waals surface area contributed by atoms with Gasteiger partial charge in [-0.3, -0.25) is 4.79 Å². The van der Waals surface area contributed by atoms with E-state index in [1.807, 2.05) is 0 Å². The molecule has 0 rings (SSSR count). The Morgan fingerprint density at radius 2 is 1.94 bits per heavy atom. The van der Waals surface area contributed by atoms with Crippen molar-refractivity contribution in [2.75, 3.05) is 33.8 Å². The second kappa shape index (κ2) is 6.80. The number of nitrogens with zero attached hydrogens (tertiary/aromatic N) is 1. The molecule has 4 nitrogen and oxygen atoms in total. The first-order valence-corrected chi connectivity index (χ1v) is 5.25. The number of rotatable bonds is 6. The van der Waals surface area contributed by atoms with Crippen molar-refractivity contribution in [2.45, 2.75) is 13.1 Å². The summed E-state index contributed by atoms with van der Waals surface area (Å²) < 4.78 is 41.8. The van der Waals surface area contributed by atoms with Crippen LogP contribution in [0.15, 0.2) is 0 Å². The van der Waals surface area contributed by atoms with Crippen LogP contribution in [0.3, 0.4) is 0 Å². The van der Waals surface area contributed by atoms with Crippen LogP contribution in [0.2, 0.25) is 0 Å². The van der Waals surface area contributed by atoms with Crippen molar-refractivity contribution in [2.24, 2.45) is 17.6 Å². The predicted octanol–water partition coefficient (Wildman–Crippen LogP) is 0.864. The average molecular weight is 256 g/mol. The number of hydrogen-bond donors (Lipinski definition) is 1. The maximum atomic E-state index is 12.4. The maximum Gasteiger partial charge on any atom is 0.394 e. The summed E-state index contributed by atoms with van der Waals surface area (Å²) >= 11 is 0. The van der Waals surface area contributed by atoms with Gasteiger partial charge in [0, 0.05) is 19.6 Å². The van der Waals surface area contributed by atoms with Gasteiger partial charge in [-0.15, -0.1) is 0 Å². The van der Waals surface area contributed by atoms with Gasteiger partial charge < -0.3 is 15.4 Å². The van der Waals surface area contributed by atoms with E-state index in [4.69, 9.17) is 5.73 Å². The Morgan fingerprint density at radius 1 is 1.41 bits per heavy atom. The molecule has 0 saturated carbocycles. The van der Waals surface area contributed by atoms with E-state index in [1.54, 1.807) is 6.92 Å². The quantitative estimate of drug-likeness (QED) is 0.716. The van der Waals surface area contributed by atoms with Gasteiger partial charge in [0.15, 0.2) is 0 Å². The topological polar surface area (TPSA) is 55.6 Å².